The van der Waals surface area contributed by atoms with Gasteiger partial charge in [-0.15, -0.1) is 0 Å². The highest BCUT2D eigenvalue weighted by Gasteiger charge is 2.16. The zero-order valence-electron chi connectivity index (χ0n) is 14.4. The van der Waals surface area contributed by atoms with E-state index in [0.29, 0.717) is 0 Å². The van der Waals surface area contributed by atoms with Gasteiger partial charge in [0.15, 0.2) is 0 Å². The average Bonchev–Trinajstić information content (AvgIpc) is 2.58. The van der Waals surface area contributed by atoms with Crippen LogP contribution in [0.1, 0.15) is 22.3 Å². The van der Waals surface area contributed by atoms with E-state index in [1.54, 1.807) is 0 Å². The van der Waals surface area contributed by atoms with E-state index in [4.69, 9.17) is 0 Å². The lowest BCUT2D eigenvalue weighted by atomic mass is 10.1. The molecule has 0 aromatic heterocycles. The minimum Gasteiger partial charge on any atom is -0.295 e. The highest BCUT2D eigenvalue weighted by atomic mass is 79.9. The number of nitrogens with zero attached hydrogens (tertiary/aromatic N) is 3. The van der Waals surface area contributed by atoms with Gasteiger partial charge in [0.05, 0.1) is 6.21 Å². The topological polar surface area (TPSA) is 18.8 Å². The second kappa shape index (κ2) is 7.95. The van der Waals surface area contributed by atoms with Gasteiger partial charge in [-0.3, -0.25) is 9.91 Å². The maximum Gasteiger partial charge on any atom is 0.0542 e. The van der Waals surface area contributed by atoms with Gasteiger partial charge < -0.3 is 0 Å². The number of piperazine rings is 1. The summed E-state index contributed by atoms with van der Waals surface area (Å²) in [5.41, 5.74) is 5.30. The molecular formula is C20H24BrN3. The van der Waals surface area contributed by atoms with Crippen molar-refractivity contribution in [2.75, 3.05) is 26.2 Å². The molecule has 0 amide bonds. The smallest absolute Gasteiger partial charge is 0.0542 e. The Bertz CT molecular complexity index is 701. The third kappa shape index (κ3) is 4.68. The minimum absolute atomic E-state index is 0.984. The van der Waals surface area contributed by atoms with Crippen molar-refractivity contribution in [1.29, 1.82) is 0 Å². The molecule has 1 aliphatic heterocycles. The molecule has 0 bridgehead atoms. The Morgan fingerprint density at radius 2 is 1.71 bits per heavy atom. The van der Waals surface area contributed by atoms with Crippen LogP contribution in [0, 0.1) is 13.8 Å². The SMILES string of the molecule is Cc1ccc(CN2CCN(N=Cc3ccc(Br)cc3)CC2)c(C)c1. The Labute approximate surface area is 153 Å². The lowest BCUT2D eigenvalue weighted by molar-refractivity contribution is 0.131. The summed E-state index contributed by atoms with van der Waals surface area (Å²) in [7, 11) is 0. The molecule has 4 heteroatoms. The Morgan fingerprint density at radius 3 is 2.38 bits per heavy atom. The molecule has 24 heavy (non-hydrogen) atoms. The quantitative estimate of drug-likeness (QED) is 0.733. The Balaban J connectivity index is 1.51. The molecule has 3 rings (SSSR count). The van der Waals surface area contributed by atoms with Crippen LogP contribution in [0.25, 0.3) is 0 Å². The normalized spacial score (nSPS) is 16.0. The first-order chi connectivity index (χ1) is 11.6. The van der Waals surface area contributed by atoms with E-state index >= 15 is 0 Å². The van der Waals surface area contributed by atoms with E-state index in [-0.39, 0.29) is 0 Å². The van der Waals surface area contributed by atoms with Gasteiger partial charge in [0.2, 0.25) is 0 Å². The molecule has 1 aliphatic rings. The van der Waals surface area contributed by atoms with Gasteiger partial charge >= 0.3 is 0 Å². The number of benzene rings is 2. The van der Waals surface area contributed by atoms with Crippen LogP contribution in [0.5, 0.6) is 0 Å². The predicted octanol–water partition coefficient (Wildman–Crippen LogP) is 4.22. The van der Waals surface area contributed by atoms with Gasteiger partial charge in [-0.05, 0) is 42.7 Å². The van der Waals surface area contributed by atoms with Crippen LogP contribution in [-0.4, -0.2) is 42.3 Å². The summed E-state index contributed by atoms with van der Waals surface area (Å²) in [5.74, 6) is 0. The molecule has 1 fully saturated rings. The van der Waals surface area contributed by atoms with Gasteiger partial charge in [-0.1, -0.05) is 51.8 Å². The van der Waals surface area contributed by atoms with E-state index in [2.05, 4.69) is 75.1 Å². The maximum absolute atomic E-state index is 4.62. The monoisotopic (exact) mass is 385 g/mol. The van der Waals surface area contributed by atoms with Crippen LogP contribution >= 0.6 is 15.9 Å². The summed E-state index contributed by atoms with van der Waals surface area (Å²) in [6.45, 7) is 9.49. The van der Waals surface area contributed by atoms with Crippen LogP contribution in [-0.2, 0) is 6.54 Å². The first-order valence-corrected chi connectivity index (χ1v) is 9.22. The van der Waals surface area contributed by atoms with Gasteiger partial charge in [-0.2, -0.15) is 5.10 Å². The molecule has 2 aromatic carbocycles. The third-order valence-corrected chi connectivity index (χ3v) is 5.01. The molecule has 0 atom stereocenters. The van der Waals surface area contributed by atoms with Crippen molar-refractivity contribution >= 4 is 22.1 Å². The number of hydrogen-bond donors (Lipinski definition) is 0. The molecule has 126 valence electrons. The zero-order chi connectivity index (χ0) is 16.9. The molecule has 2 aromatic rings. The number of hydrogen-bond acceptors (Lipinski definition) is 3. The van der Waals surface area contributed by atoms with Crippen molar-refractivity contribution in [3.63, 3.8) is 0 Å². The molecule has 0 unspecified atom stereocenters. The van der Waals surface area contributed by atoms with E-state index < -0.39 is 0 Å². The lowest BCUT2D eigenvalue weighted by Crippen LogP contribution is -2.43. The molecule has 0 N–H and O–H groups in total. The molecule has 0 spiro atoms. The molecular weight excluding hydrogens is 362 g/mol. The molecule has 1 saturated heterocycles. The lowest BCUT2D eigenvalue weighted by Gasteiger charge is -2.33. The highest BCUT2D eigenvalue weighted by molar-refractivity contribution is 9.10. The van der Waals surface area contributed by atoms with E-state index in [9.17, 15) is 0 Å². The Morgan fingerprint density at radius 1 is 1.00 bits per heavy atom. The van der Waals surface area contributed by atoms with Crippen LogP contribution < -0.4 is 0 Å². The summed E-state index contributed by atoms with van der Waals surface area (Å²) in [5, 5.41) is 6.79. The van der Waals surface area contributed by atoms with Gasteiger partial charge in [0.1, 0.15) is 0 Å². The van der Waals surface area contributed by atoms with Crippen molar-refractivity contribution in [2.24, 2.45) is 5.10 Å². The molecule has 3 nitrogen and oxygen atoms in total. The summed E-state index contributed by atoms with van der Waals surface area (Å²) in [4.78, 5) is 2.52. The van der Waals surface area contributed by atoms with Crippen LogP contribution in [0.4, 0.5) is 0 Å². The van der Waals surface area contributed by atoms with Crippen molar-refractivity contribution in [3.8, 4) is 0 Å². The van der Waals surface area contributed by atoms with Crippen LogP contribution in [0.2, 0.25) is 0 Å². The first-order valence-electron chi connectivity index (χ1n) is 8.43. The Hall–Kier alpha value is -1.65. The standard InChI is InChI=1S/C20H24BrN3/c1-16-3-6-19(17(2)13-16)15-23-9-11-24(12-10-23)22-14-18-4-7-20(21)8-5-18/h3-8,13-14H,9-12,15H2,1-2H3. The summed E-state index contributed by atoms with van der Waals surface area (Å²) in [6, 6.07) is 15.0. The second-order valence-electron chi connectivity index (χ2n) is 6.46. The van der Waals surface area contributed by atoms with E-state index in [1.807, 2.05) is 18.3 Å². The molecule has 1 heterocycles. The third-order valence-electron chi connectivity index (χ3n) is 4.48. The van der Waals surface area contributed by atoms with Crippen molar-refractivity contribution in [3.05, 3.63) is 69.2 Å². The van der Waals surface area contributed by atoms with E-state index in [1.165, 1.54) is 16.7 Å². The Kier molecular flexibility index (Phi) is 5.69. The van der Waals surface area contributed by atoms with Crippen LogP contribution in [0.3, 0.4) is 0 Å². The number of halogens is 1. The molecule has 0 saturated carbocycles. The number of aryl methyl sites for hydroxylation is 2. The zero-order valence-corrected chi connectivity index (χ0v) is 16.0. The van der Waals surface area contributed by atoms with Gasteiger partial charge in [0, 0.05) is 37.2 Å². The van der Waals surface area contributed by atoms with Crippen molar-refractivity contribution in [1.82, 2.24) is 9.91 Å². The fourth-order valence-corrected chi connectivity index (χ4v) is 3.24. The molecule has 0 aliphatic carbocycles. The average molecular weight is 386 g/mol. The summed E-state index contributed by atoms with van der Waals surface area (Å²) < 4.78 is 1.10. The summed E-state index contributed by atoms with van der Waals surface area (Å²) in [6.07, 6.45) is 1.95. The fraction of sp³-hybridized carbons (Fsp3) is 0.350. The fourth-order valence-electron chi connectivity index (χ4n) is 2.97. The molecule has 0 radical (unpaired) electrons. The van der Waals surface area contributed by atoms with Crippen molar-refractivity contribution < 1.29 is 0 Å². The summed E-state index contributed by atoms with van der Waals surface area (Å²) >= 11 is 3.46. The highest BCUT2D eigenvalue weighted by Crippen LogP contribution is 2.15. The van der Waals surface area contributed by atoms with Gasteiger partial charge in [-0.25, -0.2) is 0 Å². The maximum atomic E-state index is 4.62. The number of hydrazone groups is 1. The van der Waals surface area contributed by atoms with Crippen LogP contribution in [0.15, 0.2) is 52.0 Å². The number of rotatable bonds is 4. The largest absolute Gasteiger partial charge is 0.295 e. The van der Waals surface area contributed by atoms with Crippen molar-refractivity contribution in [2.45, 2.75) is 20.4 Å². The second-order valence-corrected chi connectivity index (χ2v) is 7.37. The minimum atomic E-state index is 0.984. The predicted molar refractivity (Wildman–Crippen MR) is 105 cm³/mol. The first kappa shape index (κ1) is 17.2. The van der Waals surface area contributed by atoms with Gasteiger partial charge in [0.25, 0.3) is 0 Å². The van der Waals surface area contributed by atoms with E-state index in [0.717, 1.165) is 42.8 Å².